The molecule has 0 saturated carbocycles. The van der Waals surface area contributed by atoms with E-state index in [1.54, 1.807) is 18.2 Å². The van der Waals surface area contributed by atoms with E-state index in [0.717, 1.165) is 16.7 Å². The summed E-state index contributed by atoms with van der Waals surface area (Å²) in [6.45, 7) is 0.470. The highest BCUT2D eigenvalue weighted by molar-refractivity contribution is 5.69. The zero-order valence-electron chi connectivity index (χ0n) is 15.3. The maximum atomic E-state index is 13.3. The molecular weight excluding hydrogens is 351 g/mol. The Balaban J connectivity index is 1.78. The van der Waals surface area contributed by atoms with Crippen LogP contribution in [0.25, 0.3) is 22.4 Å². The monoisotopic (exact) mass is 370 g/mol. The molecule has 4 aromatic rings. The first-order chi connectivity index (χ1) is 13.7. The van der Waals surface area contributed by atoms with Crippen LogP contribution >= 0.6 is 0 Å². The number of aryl methyl sites for hydroxylation is 2. The molecule has 4 heteroatoms. The molecule has 0 saturated heterocycles. The predicted molar refractivity (Wildman–Crippen MR) is 109 cm³/mol. The van der Waals surface area contributed by atoms with Gasteiger partial charge in [0.1, 0.15) is 5.82 Å². The van der Waals surface area contributed by atoms with Crippen LogP contribution in [0.5, 0.6) is 0 Å². The molecule has 3 nitrogen and oxygen atoms in total. The Bertz CT molecular complexity index is 1120. The molecule has 28 heavy (non-hydrogen) atoms. The average molecular weight is 370 g/mol. The second kappa shape index (κ2) is 8.01. The first-order valence-electron chi connectivity index (χ1n) is 9.18. The van der Waals surface area contributed by atoms with Crippen molar-refractivity contribution in [2.75, 3.05) is 0 Å². The van der Waals surface area contributed by atoms with Crippen LogP contribution in [0.2, 0.25) is 0 Å². The molecule has 0 aliphatic heterocycles. The van der Waals surface area contributed by atoms with Crippen LogP contribution in [-0.4, -0.2) is 9.78 Å². The van der Waals surface area contributed by atoms with E-state index in [1.807, 2.05) is 60.7 Å². The van der Waals surface area contributed by atoms with Crippen LogP contribution in [0.3, 0.4) is 0 Å². The van der Waals surface area contributed by atoms with Crippen LogP contribution in [0.15, 0.2) is 95.8 Å². The zero-order chi connectivity index (χ0) is 19.3. The number of rotatable bonds is 5. The Morgan fingerprint density at radius 2 is 1.43 bits per heavy atom. The number of hydrogen-bond donors (Lipinski definition) is 0. The summed E-state index contributed by atoms with van der Waals surface area (Å²) in [6.07, 6.45) is 0.703. The Labute approximate surface area is 162 Å². The molecule has 0 aliphatic carbocycles. The lowest BCUT2D eigenvalue weighted by atomic mass is 10.0. The van der Waals surface area contributed by atoms with Gasteiger partial charge in [-0.3, -0.25) is 4.79 Å². The maximum absolute atomic E-state index is 13.3. The van der Waals surface area contributed by atoms with Gasteiger partial charge in [0, 0.05) is 12.1 Å². The minimum atomic E-state index is -0.301. The van der Waals surface area contributed by atoms with E-state index in [9.17, 15) is 9.18 Å². The van der Waals surface area contributed by atoms with E-state index in [4.69, 9.17) is 0 Å². The molecule has 1 heterocycles. The Hall–Kier alpha value is -3.53. The van der Waals surface area contributed by atoms with Crippen molar-refractivity contribution in [1.29, 1.82) is 0 Å². The Morgan fingerprint density at radius 1 is 0.786 bits per heavy atom. The number of hydrogen-bond acceptors (Lipinski definition) is 2. The first-order valence-corrected chi connectivity index (χ1v) is 9.18. The molecule has 3 aromatic carbocycles. The summed E-state index contributed by atoms with van der Waals surface area (Å²) in [5.74, 6) is -0.301. The molecule has 0 N–H and O–H groups in total. The largest absolute Gasteiger partial charge is 0.274 e. The molecule has 1 aromatic heterocycles. The normalized spacial score (nSPS) is 10.8. The Morgan fingerprint density at radius 3 is 2.11 bits per heavy atom. The highest BCUT2D eigenvalue weighted by Crippen LogP contribution is 2.22. The minimum absolute atomic E-state index is 0.131. The average Bonchev–Trinajstić information content (AvgIpc) is 2.75. The van der Waals surface area contributed by atoms with Crippen LogP contribution in [0.4, 0.5) is 4.39 Å². The fraction of sp³-hybridized carbons (Fsp3) is 0.0833. The number of benzene rings is 3. The van der Waals surface area contributed by atoms with E-state index in [-0.39, 0.29) is 11.4 Å². The van der Waals surface area contributed by atoms with Gasteiger partial charge >= 0.3 is 0 Å². The summed E-state index contributed by atoms with van der Waals surface area (Å²) in [7, 11) is 0. The van der Waals surface area contributed by atoms with Crippen molar-refractivity contribution in [1.82, 2.24) is 9.78 Å². The van der Waals surface area contributed by atoms with Gasteiger partial charge in [-0.05, 0) is 47.9 Å². The first kappa shape index (κ1) is 17.9. The molecule has 0 fully saturated rings. The third kappa shape index (κ3) is 3.91. The van der Waals surface area contributed by atoms with Crippen LogP contribution in [0.1, 0.15) is 5.56 Å². The predicted octanol–water partition coefficient (Wildman–Crippen LogP) is 4.96. The van der Waals surface area contributed by atoms with Gasteiger partial charge in [-0.2, -0.15) is 5.10 Å². The summed E-state index contributed by atoms with van der Waals surface area (Å²) in [5, 5.41) is 4.56. The summed E-state index contributed by atoms with van der Waals surface area (Å²) in [4.78, 5) is 13.1. The van der Waals surface area contributed by atoms with Gasteiger partial charge in [0.25, 0.3) is 5.56 Å². The van der Waals surface area contributed by atoms with Crippen LogP contribution in [0, 0.1) is 5.82 Å². The number of aromatic nitrogens is 2. The molecule has 0 unspecified atom stereocenters. The van der Waals surface area contributed by atoms with Gasteiger partial charge in [0.05, 0.1) is 11.3 Å². The lowest BCUT2D eigenvalue weighted by Gasteiger charge is -2.11. The maximum Gasteiger partial charge on any atom is 0.274 e. The fourth-order valence-corrected chi connectivity index (χ4v) is 3.16. The van der Waals surface area contributed by atoms with Crippen molar-refractivity contribution in [3.8, 4) is 22.4 Å². The quantitative estimate of drug-likeness (QED) is 0.498. The summed E-state index contributed by atoms with van der Waals surface area (Å²) in [5.41, 5.74) is 3.85. The highest BCUT2D eigenvalue weighted by atomic mass is 19.1. The third-order valence-electron chi connectivity index (χ3n) is 4.65. The summed E-state index contributed by atoms with van der Waals surface area (Å²) < 4.78 is 14.8. The lowest BCUT2D eigenvalue weighted by molar-refractivity contribution is 0.582. The fourth-order valence-electron chi connectivity index (χ4n) is 3.16. The van der Waals surface area contributed by atoms with Crippen LogP contribution < -0.4 is 5.56 Å². The van der Waals surface area contributed by atoms with Crippen molar-refractivity contribution < 1.29 is 4.39 Å². The van der Waals surface area contributed by atoms with Gasteiger partial charge in [-0.1, -0.05) is 60.7 Å². The van der Waals surface area contributed by atoms with Crippen molar-refractivity contribution in [2.45, 2.75) is 13.0 Å². The topological polar surface area (TPSA) is 34.9 Å². The van der Waals surface area contributed by atoms with E-state index in [2.05, 4.69) is 5.10 Å². The van der Waals surface area contributed by atoms with Crippen molar-refractivity contribution >= 4 is 0 Å². The standard InChI is InChI=1S/C24H19FN2O/c25-21-13-11-20(12-14-21)23-17-22(19-9-5-2-6-10-19)24(28)27(26-23)16-15-18-7-3-1-4-8-18/h1-14,17H,15-16H2. The van der Waals surface area contributed by atoms with Gasteiger partial charge < -0.3 is 0 Å². The molecule has 0 bridgehead atoms. The minimum Gasteiger partial charge on any atom is -0.267 e. The van der Waals surface area contributed by atoms with Crippen molar-refractivity contribution in [3.63, 3.8) is 0 Å². The van der Waals surface area contributed by atoms with Crippen LogP contribution in [-0.2, 0) is 13.0 Å². The molecule has 0 spiro atoms. The van der Waals surface area contributed by atoms with E-state index in [1.165, 1.54) is 16.8 Å². The lowest BCUT2D eigenvalue weighted by Crippen LogP contribution is -2.26. The number of halogens is 1. The van der Waals surface area contributed by atoms with Crippen molar-refractivity contribution in [2.24, 2.45) is 0 Å². The second-order valence-corrected chi connectivity index (χ2v) is 6.58. The number of nitrogens with zero attached hydrogens (tertiary/aromatic N) is 2. The smallest absolute Gasteiger partial charge is 0.267 e. The highest BCUT2D eigenvalue weighted by Gasteiger charge is 2.12. The zero-order valence-corrected chi connectivity index (χ0v) is 15.3. The van der Waals surface area contributed by atoms with Gasteiger partial charge in [-0.25, -0.2) is 9.07 Å². The molecular formula is C24H19FN2O. The van der Waals surface area contributed by atoms with E-state index >= 15 is 0 Å². The molecule has 138 valence electrons. The van der Waals surface area contributed by atoms with E-state index in [0.29, 0.717) is 24.2 Å². The molecule has 0 amide bonds. The second-order valence-electron chi connectivity index (χ2n) is 6.58. The Kier molecular flexibility index (Phi) is 5.11. The molecule has 0 aliphatic rings. The third-order valence-corrected chi connectivity index (χ3v) is 4.65. The van der Waals surface area contributed by atoms with Crippen molar-refractivity contribution in [3.05, 3.63) is 113 Å². The van der Waals surface area contributed by atoms with E-state index < -0.39 is 0 Å². The SMILES string of the molecule is O=c1c(-c2ccccc2)cc(-c2ccc(F)cc2)nn1CCc1ccccc1. The molecule has 0 atom stereocenters. The summed E-state index contributed by atoms with van der Waals surface area (Å²) in [6, 6.07) is 27.5. The molecule has 4 rings (SSSR count). The van der Waals surface area contributed by atoms with Gasteiger partial charge in [0.15, 0.2) is 0 Å². The van der Waals surface area contributed by atoms with Gasteiger partial charge in [-0.15, -0.1) is 0 Å². The molecule has 0 radical (unpaired) electrons. The van der Waals surface area contributed by atoms with Gasteiger partial charge in [0.2, 0.25) is 0 Å². The summed E-state index contributed by atoms with van der Waals surface area (Å²) >= 11 is 0.